The van der Waals surface area contributed by atoms with Gasteiger partial charge in [-0.2, -0.15) is 0 Å². The van der Waals surface area contributed by atoms with Crippen LogP contribution in [0.1, 0.15) is 57.7 Å². The minimum Gasteiger partial charge on any atom is -0.325 e. The molecule has 0 bridgehead atoms. The van der Waals surface area contributed by atoms with Crippen molar-refractivity contribution in [2.24, 2.45) is 0 Å². The van der Waals surface area contributed by atoms with Crippen molar-refractivity contribution in [2.45, 2.75) is 58.4 Å². The second kappa shape index (κ2) is 8.53. The first-order chi connectivity index (χ1) is 14.5. The highest BCUT2D eigenvalue weighted by atomic mass is 16.2. The second-order valence-electron chi connectivity index (χ2n) is 9.27. The maximum atomic E-state index is 13.1. The molecule has 6 heteroatoms. The first kappa shape index (κ1) is 22.5. The van der Waals surface area contributed by atoms with E-state index in [-0.39, 0.29) is 12.0 Å². The Hall–Kier alpha value is -3.15. The van der Waals surface area contributed by atoms with Crippen LogP contribution in [0.4, 0.5) is 10.5 Å². The SMILES string of the molecule is CCCc1ccc([C@@]2(C)NC(=O)N(CC(=O)Nc3ccc(C(C)(C)C)cc3)C2=O)cc1. The number of anilines is 1. The highest BCUT2D eigenvalue weighted by Gasteiger charge is 2.49. The van der Waals surface area contributed by atoms with Crippen LogP contribution in [0.25, 0.3) is 0 Å². The number of rotatable bonds is 6. The van der Waals surface area contributed by atoms with Crippen molar-refractivity contribution in [1.82, 2.24) is 10.2 Å². The summed E-state index contributed by atoms with van der Waals surface area (Å²) < 4.78 is 0. The highest BCUT2D eigenvalue weighted by molar-refractivity contribution is 6.10. The van der Waals surface area contributed by atoms with Crippen LogP contribution in [0.3, 0.4) is 0 Å². The van der Waals surface area contributed by atoms with Gasteiger partial charge in [0.25, 0.3) is 5.91 Å². The van der Waals surface area contributed by atoms with Crippen molar-refractivity contribution in [3.8, 4) is 0 Å². The summed E-state index contributed by atoms with van der Waals surface area (Å²) in [6.07, 6.45) is 1.99. The number of carbonyl (C=O) groups is 3. The minimum absolute atomic E-state index is 0.0157. The number of hydrogen-bond acceptors (Lipinski definition) is 3. The summed E-state index contributed by atoms with van der Waals surface area (Å²) in [5.41, 5.74) is 2.49. The summed E-state index contributed by atoms with van der Waals surface area (Å²) in [6.45, 7) is 9.80. The molecule has 0 spiro atoms. The van der Waals surface area contributed by atoms with Crippen LogP contribution in [0.5, 0.6) is 0 Å². The van der Waals surface area contributed by atoms with Gasteiger partial charge in [0.2, 0.25) is 5.91 Å². The van der Waals surface area contributed by atoms with Crippen molar-refractivity contribution < 1.29 is 14.4 Å². The number of nitrogens with zero attached hydrogens (tertiary/aromatic N) is 1. The van der Waals surface area contributed by atoms with Gasteiger partial charge in [-0.15, -0.1) is 0 Å². The van der Waals surface area contributed by atoms with Gasteiger partial charge in [-0.3, -0.25) is 14.5 Å². The minimum atomic E-state index is -1.18. The van der Waals surface area contributed by atoms with E-state index in [4.69, 9.17) is 0 Å². The Bertz CT molecular complexity index is 975. The molecule has 1 aliphatic heterocycles. The van der Waals surface area contributed by atoms with Crippen molar-refractivity contribution in [1.29, 1.82) is 0 Å². The quantitative estimate of drug-likeness (QED) is 0.681. The molecule has 0 unspecified atom stereocenters. The van der Waals surface area contributed by atoms with Crippen LogP contribution >= 0.6 is 0 Å². The molecule has 3 rings (SSSR count). The number of amides is 4. The van der Waals surface area contributed by atoms with Crippen LogP contribution in [-0.2, 0) is 27.0 Å². The molecule has 1 aliphatic rings. The average Bonchev–Trinajstić information content (AvgIpc) is 2.92. The van der Waals surface area contributed by atoms with Gasteiger partial charge < -0.3 is 10.6 Å². The van der Waals surface area contributed by atoms with Gasteiger partial charge in [0.15, 0.2) is 0 Å². The average molecular weight is 422 g/mol. The monoisotopic (exact) mass is 421 g/mol. The Morgan fingerprint density at radius 2 is 1.65 bits per heavy atom. The number of aryl methyl sites for hydroxylation is 1. The lowest BCUT2D eigenvalue weighted by molar-refractivity contribution is -0.133. The Kier molecular flexibility index (Phi) is 6.20. The first-order valence-corrected chi connectivity index (χ1v) is 10.7. The van der Waals surface area contributed by atoms with E-state index in [0.717, 1.165) is 23.3 Å². The zero-order valence-electron chi connectivity index (χ0n) is 18.9. The van der Waals surface area contributed by atoms with Gasteiger partial charge in [-0.1, -0.05) is 70.5 Å². The molecule has 6 nitrogen and oxygen atoms in total. The van der Waals surface area contributed by atoms with E-state index in [1.54, 1.807) is 6.92 Å². The van der Waals surface area contributed by atoms with E-state index in [9.17, 15) is 14.4 Å². The van der Waals surface area contributed by atoms with E-state index in [2.05, 4.69) is 38.3 Å². The van der Waals surface area contributed by atoms with Crippen molar-refractivity contribution in [2.75, 3.05) is 11.9 Å². The third-order valence-corrected chi connectivity index (χ3v) is 5.68. The summed E-state index contributed by atoms with van der Waals surface area (Å²) in [6, 6.07) is 14.7. The summed E-state index contributed by atoms with van der Waals surface area (Å²) in [5.74, 6) is -0.853. The van der Waals surface area contributed by atoms with Crippen LogP contribution in [0.15, 0.2) is 48.5 Å². The van der Waals surface area contributed by atoms with Crippen LogP contribution in [0, 0.1) is 0 Å². The Balaban J connectivity index is 1.68. The molecule has 0 saturated carbocycles. The number of carbonyl (C=O) groups excluding carboxylic acids is 3. The number of hydrogen-bond donors (Lipinski definition) is 2. The highest BCUT2D eigenvalue weighted by Crippen LogP contribution is 2.29. The van der Waals surface area contributed by atoms with E-state index < -0.39 is 23.4 Å². The third kappa shape index (κ3) is 4.79. The van der Waals surface area contributed by atoms with Crippen molar-refractivity contribution >= 4 is 23.5 Å². The molecule has 0 radical (unpaired) electrons. The third-order valence-electron chi connectivity index (χ3n) is 5.68. The van der Waals surface area contributed by atoms with E-state index in [0.29, 0.717) is 11.3 Å². The Labute approximate surface area is 184 Å². The summed E-state index contributed by atoms with van der Waals surface area (Å²) >= 11 is 0. The fourth-order valence-corrected chi connectivity index (χ4v) is 3.73. The molecular formula is C25H31N3O3. The van der Waals surface area contributed by atoms with Crippen LogP contribution in [-0.4, -0.2) is 29.3 Å². The molecule has 1 atom stereocenters. The Morgan fingerprint density at radius 1 is 1.03 bits per heavy atom. The molecule has 2 N–H and O–H groups in total. The van der Waals surface area contributed by atoms with E-state index in [1.165, 1.54) is 5.56 Å². The molecule has 1 saturated heterocycles. The van der Waals surface area contributed by atoms with Gasteiger partial charge in [-0.05, 0) is 47.6 Å². The van der Waals surface area contributed by atoms with E-state index in [1.807, 2.05) is 48.5 Å². The van der Waals surface area contributed by atoms with Gasteiger partial charge in [0, 0.05) is 5.69 Å². The maximum absolute atomic E-state index is 13.1. The lowest BCUT2D eigenvalue weighted by atomic mass is 9.87. The van der Waals surface area contributed by atoms with Gasteiger partial charge in [0.1, 0.15) is 12.1 Å². The number of imide groups is 1. The summed E-state index contributed by atoms with van der Waals surface area (Å²) in [5, 5.41) is 5.51. The fourth-order valence-electron chi connectivity index (χ4n) is 3.73. The van der Waals surface area contributed by atoms with Crippen LogP contribution < -0.4 is 10.6 Å². The molecule has 1 heterocycles. The van der Waals surface area contributed by atoms with E-state index >= 15 is 0 Å². The Morgan fingerprint density at radius 3 is 2.19 bits per heavy atom. The number of benzene rings is 2. The molecule has 4 amide bonds. The molecule has 164 valence electrons. The number of nitrogens with one attached hydrogen (secondary N) is 2. The smallest absolute Gasteiger partial charge is 0.325 e. The number of urea groups is 1. The van der Waals surface area contributed by atoms with Crippen LogP contribution in [0.2, 0.25) is 0 Å². The molecule has 1 fully saturated rings. The first-order valence-electron chi connectivity index (χ1n) is 10.7. The standard InChI is InChI=1S/C25H31N3O3/c1-6-7-17-8-10-19(11-9-17)25(5)22(30)28(23(31)27-25)16-21(29)26-20-14-12-18(13-15-20)24(2,3)4/h8-15H,6-7,16H2,1-5H3,(H,26,29)(H,27,31)/t25-/m1/s1. The maximum Gasteiger partial charge on any atom is 0.325 e. The summed E-state index contributed by atoms with van der Waals surface area (Å²) in [7, 11) is 0. The normalized spacial score (nSPS) is 18.8. The second-order valence-corrected chi connectivity index (χ2v) is 9.27. The van der Waals surface area contributed by atoms with Crippen molar-refractivity contribution in [3.63, 3.8) is 0 Å². The van der Waals surface area contributed by atoms with Gasteiger partial charge >= 0.3 is 6.03 Å². The molecule has 0 aliphatic carbocycles. The zero-order valence-corrected chi connectivity index (χ0v) is 18.9. The lowest BCUT2D eigenvalue weighted by Gasteiger charge is -2.22. The molecule has 31 heavy (non-hydrogen) atoms. The topological polar surface area (TPSA) is 78.5 Å². The predicted octanol–water partition coefficient (Wildman–Crippen LogP) is 4.34. The predicted molar refractivity (Wildman–Crippen MR) is 122 cm³/mol. The largest absolute Gasteiger partial charge is 0.325 e. The van der Waals surface area contributed by atoms with Crippen molar-refractivity contribution in [3.05, 3.63) is 65.2 Å². The van der Waals surface area contributed by atoms with Gasteiger partial charge in [0.05, 0.1) is 0 Å². The molecule has 2 aromatic rings. The van der Waals surface area contributed by atoms with Gasteiger partial charge in [-0.25, -0.2) is 4.79 Å². The summed E-state index contributed by atoms with van der Waals surface area (Å²) in [4.78, 5) is 39.0. The zero-order chi connectivity index (χ0) is 22.8. The molecule has 2 aromatic carbocycles. The fraction of sp³-hybridized carbons (Fsp3) is 0.400. The molecule has 0 aromatic heterocycles. The lowest BCUT2D eigenvalue weighted by Crippen LogP contribution is -2.42. The molecular weight excluding hydrogens is 390 g/mol.